The van der Waals surface area contributed by atoms with Crippen molar-refractivity contribution in [1.82, 2.24) is 20.0 Å². The number of likely N-dealkylation sites (tertiary alicyclic amines) is 1. The molecule has 5 rings (SSSR count). The average molecular weight is 348 g/mol. The second-order valence-electron chi connectivity index (χ2n) is 7.09. The molecule has 1 aromatic carbocycles. The van der Waals surface area contributed by atoms with E-state index in [1.807, 2.05) is 47.5 Å². The van der Waals surface area contributed by atoms with Crippen LogP contribution in [0, 0.1) is 0 Å². The first kappa shape index (κ1) is 15.4. The maximum Gasteiger partial charge on any atom is 0.257 e. The van der Waals surface area contributed by atoms with Gasteiger partial charge < -0.3 is 14.4 Å². The van der Waals surface area contributed by atoms with Gasteiger partial charge in [0.2, 0.25) is 0 Å². The SMILES string of the molecule is O=C(c1ccc(-c2nc(C3CC3)no2)cc1)N1CCC[C@@H]1c1ccc[nH]1. The van der Waals surface area contributed by atoms with Gasteiger partial charge in [-0.05, 0) is 62.1 Å². The van der Waals surface area contributed by atoms with Gasteiger partial charge in [0.25, 0.3) is 11.8 Å². The van der Waals surface area contributed by atoms with E-state index in [0.29, 0.717) is 17.4 Å². The van der Waals surface area contributed by atoms with Crippen molar-refractivity contribution < 1.29 is 9.32 Å². The fraction of sp³-hybridized carbons (Fsp3) is 0.350. The molecule has 0 bridgehead atoms. The lowest BCUT2D eigenvalue weighted by Crippen LogP contribution is -2.30. The number of aromatic amines is 1. The predicted octanol–water partition coefficient (Wildman–Crippen LogP) is 3.92. The number of hydrogen-bond acceptors (Lipinski definition) is 4. The van der Waals surface area contributed by atoms with Crippen molar-refractivity contribution in [3.63, 3.8) is 0 Å². The highest BCUT2D eigenvalue weighted by molar-refractivity contribution is 5.95. The lowest BCUT2D eigenvalue weighted by Gasteiger charge is -2.24. The van der Waals surface area contributed by atoms with Gasteiger partial charge in [-0.25, -0.2) is 0 Å². The van der Waals surface area contributed by atoms with Gasteiger partial charge in [0.15, 0.2) is 5.82 Å². The topological polar surface area (TPSA) is 75.0 Å². The standard InChI is InChI=1S/C20H20N4O2/c25-20(24-12-2-4-17(24)16-3-1-11-21-16)15-9-7-14(8-10-15)19-22-18(23-26-19)13-5-6-13/h1,3,7-11,13,17,21H,2,4-6,12H2/t17-/m1/s1. The summed E-state index contributed by atoms with van der Waals surface area (Å²) >= 11 is 0. The lowest BCUT2D eigenvalue weighted by molar-refractivity contribution is 0.0733. The van der Waals surface area contributed by atoms with Gasteiger partial charge in [0, 0.05) is 35.5 Å². The zero-order valence-corrected chi connectivity index (χ0v) is 14.4. The van der Waals surface area contributed by atoms with Crippen LogP contribution in [0.5, 0.6) is 0 Å². The molecule has 1 aliphatic heterocycles. The number of rotatable bonds is 4. The first-order chi connectivity index (χ1) is 12.8. The van der Waals surface area contributed by atoms with Gasteiger partial charge in [0.1, 0.15) is 0 Å². The highest BCUT2D eigenvalue weighted by Crippen LogP contribution is 2.39. The smallest absolute Gasteiger partial charge is 0.257 e. The van der Waals surface area contributed by atoms with Crippen LogP contribution in [0.2, 0.25) is 0 Å². The number of amides is 1. The minimum atomic E-state index is 0.0675. The fourth-order valence-electron chi connectivity index (χ4n) is 3.67. The van der Waals surface area contributed by atoms with Crippen molar-refractivity contribution in [2.45, 2.75) is 37.6 Å². The average Bonchev–Trinajstić information content (AvgIpc) is 3.13. The van der Waals surface area contributed by atoms with E-state index in [4.69, 9.17) is 4.52 Å². The molecule has 1 saturated heterocycles. The maximum atomic E-state index is 13.0. The van der Waals surface area contributed by atoms with E-state index in [-0.39, 0.29) is 11.9 Å². The van der Waals surface area contributed by atoms with Crippen molar-refractivity contribution >= 4 is 5.91 Å². The zero-order chi connectivity index (χ0) is 17.5. The Morgan fingerprint density at radius 2 is 2.00 bits per heavy atom. The molecule has 3 heterocycles. The molecule has 1 N–H and O–H groups in total. The molecule has 2 aliphatic rings. The summed E-state index contributed by atoms with van der Waals surface area (Å²) in [5.41, 5.74) is 2.64. The third-order valence-electron chi connectivity index (χ3n) is 5.26. The van der Waals surface area contributed by atoms with E-state index in [0.717, 1.165) is 49.3 Å². The second-order valence-corrected chi connectivity index (χ2v) is 7.09. The van der Waals surface area contributed by atoms with E-state index in [1.54, 1.807) is 0 Å². The molecule has 1 atom stereocenters. The number of nitrogens with zero attached hydrogens (tertiary/aromatic N) is 3. The molecule has 0 spiro atoms. The summed E-state index contributed by atoms with van der Waals surface area (Å²) < 4.78 is 5.36. The Labute approximate surface area is 151 Å². The van der Waals surface area contributed by atoms with E-state index >= 15 is 0 Å². The normalized spacial score (nSPS) is 19.8. The van der Waals surface area contributed by atoms with Gasteiger partial charge in [-0.1, -0.05) is 5.16 Å². The molecule has 3 aromatic rings. The lowest BCUT2D eigenvalue weighted by atomic mass is 10.1. The first-order valence-electron chi connectivity index (χ1n) is 9.18. The summed E-state index contributed by atoms with van der Waals surface area (Å²) in [7, 11) is 0. The highest BCUT2D eigenvalue weighted by atomic mass is 16.5. The number of carbonyl (C=O) groups excluding carboxylic acids is 1. The van der Waals surface area contributed by atoms with Gasteiger partial charge in [-0.2, -0.15) is 4.98 Å². The predicted molar refractivity (Wildman–Crippen MR) is 95.5 cm³/mol. The van der Waals surface area contributed by atoms with Gasteiger partial charge in [-0.3, -0.25) is 4.79 Å². The van der Waals surface area contributed by atoms with Crippen molar-refractivity contribution in [3.8, 4) is 11.5 Å². The summed E-state index contributed by atoms with van der Waals surface area (Å²) in [6.07, 6.45) is 6.22. The van der Waals surface area contributed by atoms with E-state index < -0.39 is 0 Å². The number of aromatic nitrogens is 3. The van der Waals surface area contributed by atoms with E-state index in [9.17, 15) is 4.79 Å². The summed E-state index contributed by atoms with van der Waals surface area (Å²) in [5.74, 6) is 1.86. The molecule has 132 valence electrons. The molecule has 6 nitrogen and oxygen atoms in total. The van der Waals surface area contributed by atoms with Crippen LogP contribution >= 0.6 is 0 Å². The summed E-state index contributed by atoms with van der Waals surface area (Å²) in [5, 5.41) is 4.05. The largest absolute Gasteiger partial charge is 0.363 e. The molecular weight excluding hydrogens is 328 g/mol. The maximum absolute atomic E-state index is 13.0. The van der Waals surface area contributed by atoms with Crippen molar-refractivity contribution in [2.24, 2.45) is 0 Å². The summed E-state index contributed by atoms with van der Waals surface area (Å²) in [4.78, 5) is 22.6. The molecule has 0 radical (unpaired) electrons. The second kappa shape index (κ2) is 6.12. The number of carbonyl (C=O) groups is 1. The van der Waals surface area contributed by atoms with Crippen LogP contribution in [-0.4, -0.2) is 32.5 Å². The molecule has 1 aliphatic carbocycles. The Bertz CT molecular complexity index is 910. The minimum absolute atomic E-state index is 0.0675. The molecule has 6 heteroatoms. The molecule has 2 aromatic heterocycles. The Kier molecular flexibility index (Phi) is 3.62. The molecule has 1 saturated carbocycles. The van der Waals surface area contributed by atoms with Gasteiger partial charge in [-0.15, -0.1) is 0 Å². The summed E-state index contributed by atoms with van der Waals surface area (Å²) in [6.45, 7) is 0.790. The van der Waals surface area contributed by atoms with Gasteiger partial charge in [0.05, 0.1) is 6.04 Å². The third kappa shape index (κ3) is 2.71. The van der Waals surface area contributed by atoms with Crippen LogP contribution in [0.4, 0.5) is 0 Å². The Morgan fingerprint density at radius 3 is 2.73 bits per heavy atom. The van der Waals surface area contributed by atoms with Crippen LogP contribution in [0.25, 0.3) is 11.5 Å². The van der Waals surface area contributed by atoms with E-state index in [1.165, 1.54) is 0 Å². The number of hydrogen-bond donors (Lipinski definition) is 1. The van der Waals surface area contributed by atoms with Crippen molar-refractivity contribution in [3.05, 3.63) is 59.7 Å². The van der Waals surface area contributed by atoms with Gasteiger partial charge >= 0.3 is 0 Å². The summed E-state index contributed by atoms with van der Waals surface area (Å²) in [6, 6.07) is 11.6. The fourth-order valence-corrected chi connectivity index (χ4v) is 3.67. The Morgan fingerprint density at radius 1 is 1.15 bits per heavy atom. The molecule has 26 heavy (non-hydrogen) atoms. The molecular formula is C20H20N4O2. The molecule has 0 unspecified atom stereocenters. The van der Waals surface area contributed by atoms with Crippen LogP contribution in [-0.2, 0) is 0 Å². The number of nitrogens with one attached hydrogen (secondary N) is 1. The monoisotopic (exact) mass is 348 g/mol. The van der Waals surface area contributed by atoms with Crippen LogP contribution in [0.3, 0.4) is 0 Å². The van der Waals surface area contributed by atoms with E-state index in [2.05, 4.69) is 15.1 Å². The first-order valence-corrected chi connectivity index (χ1v) is 9.18. The minimum Gasteiger partial charge on any atom is -0.363 e. The third-order valence-corrected chi connectivity index (χ3v) is 5.26. The van der Waals surface area contributed by atoms with Crippen molar-refractivity contribution in [2.75, 3.05) is 6.54 Å². The van der Waals surface area contributed by atoms with Crippen molar-refractivity contribution in [1.29, 1.82) is 0 Å². The van der Waals surface area contributed by atoms with Crippen LogP contribution in [0.15, 0.2) is 47.1 Å². The van der Waals surface area contributed by atoms with Crippen LogP contribution in [0.1, 0.15) is 59.5 Å². The highest BCUT2D eigenvalue weighted by Gasteiger charge is 2.31. The van der Waals surface area contributed by atoms with Crippen LogP contribution < -0.4 is 0 Å². The molecule has 2 fully saturated rings. The zero-order valence-electron chi connectivity index (χ0n) is 14.4. The Hall–Kier alpha value is -2.89. The number of H-pyrrole nitrogens is 1. The number of benzene rings is 1. The quantitative estimate of drug-likeness (QED) is 0.775. The molecule has 1 amide bonds. The Balaban J connectivity index is 1.35.